The summed E-state index contributed by atoms with van der Waals surface area (Å²) in [5, 5.41) is 13.1. The minimum Gasteiger partial charge on any atom is -0.368 e. The van der Waals surface area contributed by atoms with Crippen LogP contribution in [0.2, 0.25) is 0 Å². The maximum absolute atomic E-state index is 12.8. The predicted molar refractivity (Wildman–Crippen MR) is 136 cm³/mol. The van der Waals surface area contributed by atoms with E-state index in [2.05, 4.69) is 39.5 Å². The smallest absolute Gasteiger partial charge is 0.261 e. The van der Waals surface area contributed by atoms with Crippen LogP contribution in [-0.4, -0.2) is 38.7 Å². The Morgan fingerprint density at radius 2 is 1.82 bits per heavy atom. The van der Waals surface area contributed by atoms with E-state index in [4.69, 9.17) is 0 Å². The average Bonchev–Trinajstić information content (AvgIpc) is 3.45. The van der Waals surface area contributed by atoms with Gasteiger partial charge in [-0.2, -0.15) is 5.10 Å². The van der Waals surface area contributed by atoms with E-state index in [-0.39, 0.29) is 5.91 Å². The van der Waals surface area contributed by atoms with Gasteiger partial charge < -0.3 is 10.6 Å². The molecule has 0 aliphatic heterocycles. The molecule has 0 aliphatic carbocycles. The highest BCUT2D eigenvalue weighted by molar-refractivity contribution is 7.20. The first kappa shape index (κ1) is 21.5. The third-order valence-electron chi connectivity index (χ3n) is 5.61. The molecule has 0 saturated carbocycles. The van der Waals surface area contributed by atoms with Crippen LogP contribution in [-0.2, 0) is 0 Å². The minimum absolute atomic E-state index is 0.0800. The molecule has 0 fully saturated rings. The van der Waals surface area contributed by atoms with Gasteiger partial charge in [-0.1, -0.05) is 18.2 Å². The van der Waals surface area contributed by atoms with E-state index in [1.165, 1.54) is 21.8 Å². The number of benzene rings is 1. The van der Waals surface area contributed by atoms with Crippen LogP contribution in [0.3, 0.4) is 0 Å². The number of fused-ring (bicyclic) bond motifs is 2. The summed E-state index contributed by atoms with van der Waals surface area (Å²) in [7, 11) is 0. The van der Waals surface area contributed by atoms with Gasteiger partial charge in [0.05, 0.1) is 21.6 Å². The molecule has 1 aromatic carbocycles. The minimum atomic E-state index is -0.0800. The zero-order valence-corrected chi connectivity index (χ0v) is 20.5. The summed E-state index contributed by atoms with van der Waals surface area (Å²) < 4.78 is 1.90. The zero-order chi connectivity index (χ0) is 23.1. The van der Waals surface area contributed by atoms with Gasteiger partial charge in [-0.3, -0.25) is 4.79 Å². The Morgan fingerprint density at radius 3 is 2.61 bits per heavy atom. The fraction of sp³-hybridized carbons (Fsp3) is 0.250. The van der Waals surface area contributed by atoms with Crippen molar-refractivity contribution < 1.29 is 4.79 Å². The number of hydrogen-bond acceptors (Lipinski definition) is 7. The number of nitrogens with zero attached hydrogens (tertiary/aromatic N) is 4. The van der Waals surface area contributed by atoms with Gasteiger partial charge in [-0.15, -0.1) is 22.7 Å². The number of carbonyl (C=O) groups is 1. The van der Waals surface area contributed by atoms with Gasteiger partial charge in [-0.25, -0.2) is 14.6 Å². The molecule has 0 bridgehead atoms. The predicted octanol–water partition coefficient (Wildman–Crippen LogP) is 5.17. The van der Waals surface area contributed by atoms with Crippen LogP contribution < -0.4 is 10.6 Å². The fourth-order valence-electron chi connectivity index (χ4n) is 3.83. The number of nitrogens with one attached hydrogen (secondary N) is 2. The largest absolute Gasteiger partial charge is 0.368 e. The molecular weight excluding hydrogens is 452 g/mol. The summed E-state index contributed by atoms with van der Waals surface area (Å²) in [4.78, 5) is 25.9. The number of hydrogen-bond donors (Lipinski definition) is 2. The number of rotatable bonds is 6. The number of carbonyl (C=O) groups excluding carboxylic acids is 1. The van der Waals surface area contributed by atoms with E-state index in [1.54, 1.807) is 11.3 Å². The van der Waals surface area contributed by atoms with Gasteiger partial charge >= 0.3 is 0 Å². The standard InChI is InChI=1S/C24H24N6OS2/c1-13-15(3)32-23-20(13)21(27-16(4)28-23)25-10-11-26-22(31)19-12-18-14(2)29-30(24(18)33-19)17-8-6-5-7-9-17/h5-9,12H,10-11H2,1-4H3,(H,26,31)(H,25,27,28). The molecular formula is C24H24N6OS2. The summed E-state index contributed by atoms with van der Waals surface area (Å²) in [6, 6.07) is 11.9. The number of anilines is 1. The van der Waals surface area contributed by atoms with Crippen LogP contribution in [0.1, 0.15) is 31.6 Å². The number of aryl methyl sites for hydroxylation is 4. The lowest BCUT2D eigenvalue weighted by Crippen LogP contribution is -2.28. The highest BCUT2D eigenvalue weighted by Gasteiger charge is 2.17. The van der Waals surface area contributed by atoms with E-state index >= 15 is 0 Å². The fourth-order valence-corrected chi connectivity index (χ4v) is 6.01. The van der Waals surface area contributed by atoms with Crippen molar-refractivity contribution in [3.63, 3.8) is 0 Å². The summed E-state index contributed by atoms with van der Waals surface area (Å²) >= 11 is 3.14. The highest BCUT2D eigenvalue weighted by atomic mass is 32.1. The van der Waals surface area contributed by atoms with Crippen molar-refractivity contribution in [3.05, 3.63) is 63.2 Å². The van der Waals surface area contributed by atoms with Gasteiger partial charge in [0.15, 0.2) is 0 Å². The molecule has 0 unspecified atom stereocenters. The second-order valence-electron chi connectivity index (χ2n) is 7.93. The molecule has 5 aromatic rings. The molecule has 9 heteroatoms. The van der Waals surface area contributed by atoms with E-state index in [0.29, 0.717) is 18.0 Å². The normalized spacial score (nSPS) is 11.4. The second kappa shape index (κ2) is 8.57. The highest BCUT2D eigenvalue weighted by Crippen LogP contribution is 2.33. The lowest BCUT2D eigenvalue weighted by atomic mass is 10.2. The molecule has 2 N–H and O–H groups in total. The van der Waals surface area contributed by atoms with Gasteiger partial charge in [-0.05, 0) is 51.5 Å². The van der Waals surface area contributed by atoms with Gasteiger partial charge in [0.25, 0.3) is 5.91 Å². The Labute approximate surface area is 199 Å². The van der Waals surface area contributed by atoms with Crippen LogP contribution in [0.25, 0.3) is 26.1 Å². The van der Waals surface area contributed by atoms with E-state index < -0.39 is 0 Å². The SMILES string of the molecule is Cc1nc(NCCNC(=O)c2cc3c(C)nn(-c4ccccc4)c3s2)c2c(C)c(C)sc2n1. The molecule has 4 heterocycles. The summed E-state index contributed by atoms with van der Waals surface area (Å²) in [6.45, 7) is 9.14. The van der Waals surface area contributed by atoms with Crippen molar-refractivity contribution in [2.75, 3.05) is 18.4 Å². The first-order valence-electron chi connectivity index (χ1n) is 10.7. The Hall–Kier alpha value is -3.30. The van der Waals surface area contributed by atoms with Crippen LogP contribution in [0.5, 0.6) is 0 Å². The monoisotopic (exact) mass is 476 g/mol. The molecule has 0 aliphatic rings. The molecule has 1 amide bonds. The topological polar surface area (TPSA) is 84.7 Å². The zero-order valence-electron chi connectivity index (χ0n) is 18.9. The van der Waals surface area contributed by atoms with Gasteiger partial charge in [0, 0.05) is 23.4 Å². The van der Waals surface area contributed by atoms with Gasteiger partial charge in [0.1, 0.15) is 21.3 Å². The first-order valence-corrected chi connectivity index (χ1v) is 12.4. The first-order chi connectivity index (χ1) is 15.9. The van der Waals surface area contributed by atoms with Crippen LogP contribution >= 0.6 is 22.7 Å². The molecule has 0 spiro atoms. The molecule has 7 nitrogen and oxygen atoms in total. The van der Waals surface area contributed by atoms with Crippen LogP contribution in [0.15, 0.2) is 36.4 Å². The van der Waals surface area contributed by atoms with Gasteiger partial charge in [0.2, 0.25) is 0 Å². The van der Waals surface area contributed by atoms with Crippen LogP contribution in [0, 0.1) is 27.7 Å². The third-order valence-corrected chi connectivity index (χ3v) is 7.82. The second-order valence-corrected chi connectivity index (χ2v) is 10.2. The Balaban J connectivity index is 1.28. The number of amides is 1. The maximum atomic E-state index is 12.8. The van der Waals surface area contributed by atoms with E-state index in [1.807, 2.05) is 54.9 Å². The number of thiophene rings is 2. The Kier molecular flexibility index (Phi) is 5.59. The lowest BCUT2D eigenvalue weighted by molar-refractivity contribution is 0.0959. The van der Waals surface area contributed by atoms with Crippen molar-refractivity contribution in [2.45, 2.75) is 27.7 Å². The summed E-state index contributed by atoms with van der Waals surface area (Å²) in [6.07, 6.45) is 0. The molecule has 33 heavy (non-hydrogen) atoms. The van der Waals surface area contributed by atoms with E-state index in [0.717, 1.165) is 43.5 Å². The third kappa shape index (κ3) is 3.98. The average molecular weight is 477 g/mol. The summed E-state index contributed by atoms with van der Waals surface area (Å²) in [5.74, 6) is 1.49. The number of aromatic nitrogens is 4. The van der Waals surface area contributed by atoms with Crippen molar-refractivity contribution in [2.24, 2.45) is 0 Å². The molecule has 0 saturated heterocycles. The summed E-state index contributed by atoms with van der Waals surface area (Å²) in [5.41, 5.74) is 3.10. The quantitative estimate of drug-likeness (QED) is 0.330. The Bertz CT molecular complexity index is 1480. The maximum Gasteiger partial charge on any atom is 0.261 e. The van der Waals surface area contributed by atoms with E-state index in [9.17, 15) is 4.79 Å². The van der Waals surface area contributed by atoms with Crippen LogP contribution in [0.4, 0.5) is 5.82 Å². The molecule has 168 valence electrons. The molecule has 0 atom stereocenters. The number of para-hydroxylation sites is 1. The molecule has 0 radical (unpaired) electrons. The van der Waals surface area contributed by atoms with Crippen molar-refractivity contribution in [1.29, 1.82) is 0 Å². The lowest BCUT2D eigenvalue weighted by Gasteiger charge is -2.09. The van der Waals surface area contributed by atoms with Crippen molar-refractivity contribution >= 4 is 54.8 Å². The van der Waals surface area contributed by atoms with Crippen molar-refractivity contribution in [3.8, 4) is 5.69 Å². The van der Waals surface area contributed by atoms with Crippen molar-refractivity contribution in [1.82, 2.24) is 25.1 Å². The Morgan fingerprint density at radius 1 is 1.03 bits per heavy atom. The molecule has 5 rings (SSSR count). The molecule has 4 aromatic heterocycles.